The van der Waals surface area contributed by atoms with E-state index in [4.69, 9.17) is 9.15 Å². The van der Waals surface area contributed by atoms with Crippen LogP contribution in [0.5, 0.6) is 0 Å². The van der Waals surface area contributed by atoms with Gasteiger partial charge in [-0.1, -0.05) is 0 Å². The first-order chi connectivity index (χ1) is 12.0. The third-order valence-corrected chi connectivity index (χ3v) is 4.40. The van der Waals surface area contributed by atoms with Crippen LogP contribution >= 0.6 is 0 Å². The Hall–Kier alpha value is -2.41. The van der Waals surface area contributed by atoms with Gasteiger partial charge in [-0.2, -0.15) is 0 Å². The van der Waals surface area contributed by atoms with Gasteiger partial charge in [-0.25, -0.2) is 9.97 Å². The smallest absolute Gasteiger partial charge is 0.276 e. The number of aromatic nitrogens is 2. The third kappa shape index (κ3) is 4.17. The molecule has 3 rings (SSSR count). The van der Waals surface area contributed by atoms with Crippen LogP contribution < -0.4 is 4.90 Å². The summed E-state index contributed by atoms with van der Waals surface area (Å²) in [5, 5.41) is 0. The maximum Gasteiger partial charge on any atom is 0.276 e. The highest BCUT2D eigenvalue weighted by atomic mass is 16.5. The minimum atomic E-state index is -0.0849. The highest BCUT2D eigenvalue weighted by Gasteiger charge is 2.27. The number of oxazole rings is 1. The van der Waals surface area contributed by atoms with Gasteiger partial charge in [0.1, 0.15) is 11.6 Å². The molecule has 1 atom stereocenters. The summed E-state index contributed by atoms with van der Waals surface area (Å²) in [6.45, 7) is 3.47. The minimum Gasteiger partial charge on any atom is -0.448 e. The van der Waals surface area contributed by atoms with Crippen LogP contribution in [-0.2, 0) is 11.2 Å². The normalized spacial score (nSPS) is 17.6. The summed E-state index contributed by atoms with van der Waals surface area (Å²) >= 11 is 0. The van der Waals surface area contributed by atoms with Crippen molar-refractivity contribution < 1.29 is 13.9 Å². The number of amides is 1. The van der Waals surface area contributed by atoms with Gasteiger partial charge in [0.05, 0.1) is 12.7 Å². The molecule has 7 nitrogen and oxygen atoms in total. The van der Waals surface area contributed by atoms with Gasteiger partial charge < -0.3 is 19.0 Å². The van der Waals surface area contributed by atoms with Crippen LogP contribution in [0.15, 0.2) is 29.1 Å². The van der Waals surface area contributed by atoms with Crippen molar-refractivity contribution in [2.45, 2.75) is 25.9 Å². The lowest BCUT2D eigenvalue weighted by molar-refractivity contribution is -0.0248. The van der Waals surface area contributed by atoms with Gasteiger partial charge in [0.2, 0.25) is 0 Å². The van der Waals surface area contributed by atoms with Crippen LogP contribution in [0.3, 0.4) is 0 Å². The molecule has 1 amide bonds. The zero-order valence-electron chi connectivity index (χ0n) is 14.9. The van der Waals surface area contributed by atoms with Crippen LogP contribution in [-0.4, -0.2) is 60.7 Å². The van der Waals surface area contributed by atoms with Gasteiger partial charge in [0, 0.05) is 33.4 Å². The second-order valence-corrected chi connectivity index (χ2v) is 6.46. The van der Waals surface area contributed by atoms with E-state index >= 15 is 0 Å². The van der Waals surface area contributed by atoms with Gasteiger partial charge in [0.15, 0.2) is 12.1 Å². The number of carbonyl (C=O) groups is 1. The van der Waals surface area contributed by atoms with Crippen LogP contribution in [0.4, 0.5) is 5.82 Å². The molecule has 25 heavy (non-hydrogen) atoms. The van der Waals surface area contributed by atoms with E-state index in [1.165, 1.54) is 12.0 Å². The van der Waals surface area contributed by atoms with Crippen LogP contribution in [0.25, 0.3) is 0 Å². The summed E-state index contributed by atoms with van der Waals surface area (Å²) in [6.07, 6.45) is 4.92. The molecule has 1 fully saturated rings. The van der Waals surface area contributed by atoms with Crippen LogP contribution in [0, 0.1) is 6.92 Å². The highest BCUT2D eigenvalue weighted by molar-refractivity contribution is 5.93. The van der Waals surface area contributed by atoms with Crippen molar-refractivity contribution in [2.75, 3.05) is 38.7 Å². The van der Waals surface area contributed by atoms with Crippen LogP contribution in [0.1, 0.15) is 28.2 Å². The number of hydrogen-bond acceptors (Lipinski definition) is 6. The second-order valence-electron chi connectivity index (χ2n) is 6.46. The SMILES string of the molecule is Cc1ocnc1C(=O)N1CCOC(CCc2ccnc(N(C)C)c2)C1. The van der Waals surface area contributed by atoms with E-state index in [0.29, 0.717) is 31.2 Å². The van der Waals surface area contributed by atoms with Gasteiger partial charge in [0.25, 0.3) is 5.91 Å². The van der Waals surface area contributed by atoms with Crippen molar-refractivity contribution in [3.8, 4) is 0 Å². The fourth-order valence-electron chi connectivity index (χ4n) is 2.93. The molecule has 134 valence electrons. The van der Waals surface area contributed by atoms with E-state index in [9.17, 15) is 4.79 Å². The van der Waals surface area contributed by atoms with Gasteiger partial charge in [-0.3, -0.25) is 4.79 Å². The molecule has 0 bridgehead atoms. The van der Waals surface area contributed by atoms with Crippen molar-refractivity contribution in [1.82, 2.24) is 14.9 Å². The lowest BCUT2D eigenvalue weighted by Gasteiger charge is -2.32. The first-order valence-corrected chi connectivity index (χ1v) is 8.48. The maximum absolute atomic E-state index is 12.6. The van der Waals surface area contributed by atoms with Crippen molar-refractivity contribution >= 4 is 11.7 Å². The first-order valence-electron chi connectivity index (χ1n) is 8.48. The Bertz CT molecular complexity index is 729. The quantitative estimate of drug-likeness (QED) is 0.825. The van der Waals surface area contributed by atoms with Crippen molar-refractivity contribution in [2.24, 2.45) is 0 Å². The number of carbonyl (C=O) groups excluding carboxylic acids is 1. The molecule has 1 unspecified atom stereocenters. The largest absolute Gasteiger partial charge is 0.448 e. The fourth-order valence-corrected chi connectivity index (χ4v) is 2.93. The summed E-state index contributed by atoms with van der Waals surface area (Å²) in [5.74, 6) is 1.42. The van der Waals surface area contributed by atoms with E-state index in [1.807, 2.05) is 31.3 Å². The highest BCUT2D eigenvalue weighted by Crippen LogP contribution is 2.17. The lowest BCUT2D eigenvalue weighted by Crippen LogP contribution is -2.46. The Balaban J connectivity index is 1.58. The molecular weight excluding hydrogens is 320 g/mol. The number of aryl methyl sites for hydroxylation is 2. The molecule has 7 heteroatoms. The molecule has 1 saturated heterocycles. The molecule has 3 heterocycles. The average molecular weight is 344 g/mol. The zero-order chi connectivity index (χ0) is 17.8. The number of hydrogen-bond donors (Lipinski definition) is 0. The number of anilines is 1. The van der Waals surface area contributed by atoms with Crippen molar-refractivity contribution in [3.63, 3.8) is 0 Å². The van der Waals surface area contributed by atoms with E-state index in [1.54, 1.807) is 11.8 Å². The molecule has 2 aromatic heterocycles. The lowest BCUT2D eigenvalue weighted by atomic mass is 10.1. The number of ether oxygens (including phenoxy) is 1. The number of rotatable bonds is 5. The Kier molecular flexibility index (Phi) is 5.33. The Morgan fingerprint density at radius 2 is 2.24 bits per heavy atom. The summed E-state index contributed by atoms with van der Waals surface area (Å²) in [4.78, 5) is 24.7. The number of morpholine rings is 1. The van der Waals surface area contributed by atoms with Crippen molar-refractivity contribution in [1.29, 1.82) is 0 Å². The molecule has 1 aliphatic heterocycles. The molecule has 0 aromatic carbocycles. The first kappa shape index (κ1) is 17.4. The predicted octanol–water partition coefficient (Wildman–Crippen LogP) is 1.92. The molecular formula is C18H24N4O3. The summed E-state index contributed by atoms with van der Waals surface area (Å²) in [6, 6.07) is 4.11. The Morgan fingerprint density at radius 1 is 1.40 bits per heavy atom. The van der Waals surface area contributed by atoms with E-state index in [0.717, 1.165) is 18.7 Å². The molecule has 0 spiro atoms. The number of pyridine rings is 1. The molecule has 0 N–H and O–H groups in total. The van der Waals surface area contributed by atoms with E-state index < -0.39 is 0 Å². The molecule has 0 aliphatic carbocycles. The summed E-state index contributed by atoms with van der Waals surface area (Å²) in [5.41, 5.74) is 1.61. The Labute approximate surface area is 147 Å². The molecule has 0 saturated carbocycles. The summed E-state index contributed by atoms with van der Waals surface area (Å²) < 4.78 is 11.0. The zero-order valence-corrected chi connectivity index (χ0v) is 14.9. The summed E-state index contributed by atoms with van der Waals surface area (Å²) in [7, 11) is 3.96. The molecule has 2 aromatic rings. The molecule has 1 aliphatic rings. The second kappa shape index (κ2) is 7.65. The molecule has 0 radical (unpaired) electrons. The Morgan fingerprint density at radius 3 is 2.96 bits per heavy atom. The number of nitrogens with zero attached hydrogens (tertiary/aromatic N) is 4. The fraction of sp³-hybridized carbons (Fsp3) is 0.500. The average Bonchev–Trinajstić information content (AvgIpc) is 3.06. The van der Waals surface area contributed by atoms with E-state index in [-0.39, 0.29) is 12.0 Å². The monoisotopic (exact) mass is 344 g/mol. The minimum absolute atomic E-state index is 0.0286. The predicted molar refractivity (Wildman–Crippen MR) is 93.8 cm³/mol. The van der Waals surface area contributed by atoms with Crippen molar-refractivity contribution in [3.05, 3.63) is 41.7 Å². The van der Waals surface area contributed by atoms with E-state index in [2.05, 4.69) is 16.0 Å². The topological polar surface area (TPSA) is 71.7 Å². The van der Waals surface area contributed by atoms with Gasteiger partial charge >= 0.3 is 0 Å². The van der Waals surface area contributed by atoms with Gasteiger partial charge in [-0.05, 0) is 37.5 Å². The standard InChI is InChI=1S/C18H24N4O3/c1-13-17(20-12-25-13)18(23)22-8-9-24-15(11-22)5-4-14-6-7-19-16(10-14)21(2)3/h6-7,10,12,15H,4-5,8-9,11H2,1-3H3. The van der Waals surface area contributed by atoms with Crippen LogP contribution in [0.2, 0.25) is 0 Å². The third-order valence-electron chi connectivity index (χ3n) is 4.40. The maximum atomic E-state index is 12.6. The van der Waals surface area contributed by atoms with Gasteiger partial charge in [-0.15, -0.1) is 0 Å².